The number of nitrogens with zero attached hydrogens (tertiary/aromatic N) is 1. The predicted molar refractivity (Wildman–Crippen MR) is 112 cm³/mol. The van der Waals surface area contributed by atoms with Crippen LogP contribution in [-0.2, 0) is 0 Å². The molecule has 0 aliphatic rings. The first-order chi connectivity index (χ1) is 12.8. The lowest BCUT2D eigenvalue weighted by atomic mass is 10.0. The maximum atomic E-state index is 6.33. The summed E-state index contributed by atoms with van der Waals surface area (Å²) in [6, 6.07) is 37.3. The average molecular weight is 331 g/mol. The van der Waals surface area contributed by atoms with Gasteiger partial charge in [0.25, 0.3) is 0 Å². The van der Waals surface area contributed by atoms with Gasteiger partial charge < -0.3 is 4.81 Å². The molecule has 0 heterocycles. The Labute approximate surface area is 156 Å². The van der Waals surface area contributed by atoms with Crippen LogP contribution in [0.4, 0.5) is 11.4 Å². The second-order valence-electron chi connectivity index (χ2n) is 6.20. The van der Waals surface area contributed by atoms with E-state index in [-0.39, 0.29) is 0 Å². The van der Waals surface area contributed by atoms with Crippen LogP contribution in [0.1, 0.15) is 0 Å². The molecule has 0 unspecified atom stereocenters. The van der Waals surface area contributed by atoms with Gasteiger partial charge in [-0.25, -0.2) is 0 Å². The molecule has 0 amide bonds. The van der Waals surface area contributed by atoms with Crippen LogP contribution in [-0.4, -0.2) is 7.98 Å². The van der Waals surface area contributed by atoms with Crippen molar-refractivity contribution in [2.75, 3.05) is 4.81 Å². The first-order valence-corrected chi connectivity index (χ1v) is 8.67. The minimum Gasteiger partial charge on any atom is -0.398 e. The highest BCUT2D eigenvalue weighted by molar-refractivity contribution is 6.22. The smallest absolute Gasteiger partial charge is 0.234 e. The zero-order valence-corrected chi connectivity index (χ0v) is 14.4. The van der Waals surface area contributed by atoms with Gasteiger partial charge in [0.05, 0.1) is 0 Å². The van der Waals surface area contributed by atoms with Crippen molar-refractivity contribution in [2.24, 2.45) is 0 Å². The molecule has 0 aromatic heterocycles. The van der Waals surface area contributed by atoms with E-state index in [1.54, 1.807) is 4.81 Å². The Hall–Kier alpha value is -3.26. The van der Waals surface area contributed by atoms with Gasteiger partial charge in [-0.2, -0.15) is 0 Å². The SMILES string of the molecule is [B]N(c1ccc(-c2ccccc2)cc1)c1ccc(-c2ccccc2)cc1. The van der Waals surface area contributed by atoms with Gasteiger partial charge in [-0.1, -0.05) is 84.9 Å². The lowest BCUT2D eigenvalue weighted by Crippen LogP contribution is -2.11. The van der Waals surface area contributed by atoms with Gasteiger partial charge in [-0.15, -0.1) is 0 Å². The zero-order valence-electron chi connectivity index (χ0n) is 14.4. The Morgan fingerprint density at radius 1 is 0.385 bits per heavy atom. The quantitative estimate of drug-likeness (QED) is 0.400. The molecule has 0 aliphatic heterocycles. The number of hydrogen-bond acceptors (Lipinski definition) is 1. The molecule has 4 aromatic rings. The molecule has 0 N–H and O–H groups in total. The van der Waals surface area contributed by atoms with Crippen molar-refractivity contribution in [3.63, 3.8) is 0 Å². The summed E-state index contributed by atoms with van der Waals surface area (Å²) in [6.07, 6.45) is 0. The van der Waals surface area contributed by atoms with E-state index >= 15 is 0 Å². The highest BCUT2D eigenvalue weighted by atomic mass is 15.0. The standard InChI is InChI=1S/C24H18BN/c25-26(23-15-11-21(12-16-23)19-7-3-1-4-8-19)24-17-13-22(14-18-24)20-9-5-2-6-10-20/h1-18H. The van der Waals surface area contributed by atoms with Crippen molar-refractivity contribution in [3.05, 3.63) is 109 Å². The van der Waals surface area contributed by atoms with Crippen LogP contribution < -0.4 is 4.81 Å². The highest BCUT2D eigenvalue weighted by Gasteiger charge is 2.05. The molecule has 0 saturated heterocycles. The number of benzene rings is 4. The number of anilines is 2. The van der Waals surface area contributed by atoms with E-state index in [9.17, 15) is 0 Å². The summed E-state index contributed by atoms with van der Waals surface area (Å²) in [5.41, 5.74) is 6.68. The monoisotopic (exact) mass is 331 g/mol. The molecule has 26 heavy (non-hydrogen) atoms. The molecule has 0 fully saturated rings. The van der Waals surface area contributed by atoms with E-state index < -0.39 is 0 Å². The van der Waals surface area contributed by atoms with Crippen molar-refractivity contribution in [1.82, 2.24) is 0 Å². The molecule has 0 aliphatic carbocycles. The van der Waals surface area contributed by atoms with Gasteiger partial charge in [0.1, 0.15) is 0 Å². The second-order valence-corrected chi connectivity index (χ2v) is 6.20. The van der Waals surface area contributed by atoms with Gasteiger partial charge in [-0.3, -0.25) is 0 Å². The predicted octanol–water partition coefficient (Wildman–Crippen LogP) is 6.24. The van der Waals surface area contributed by atoms with E-state index in [2.05, 4.69) is 48.5 Å². The molecule has 0 atom stereocenters. The van der Waals surface area contributed by atoms with Crippen LogP contribution in [0.2, 0.25) is 0 Å². The maximum absolute atomic E-state index is 6.33. The Morgan fingerprint density at radius 2 is 0.692 bits per heavy atom. The van der Waals surface area contributed by atoms with Gasteiger partial charge in [-0.05, 0) is 46.5 Å². The van der Waals surface area contributed by atoms with E-state index in [1.165, 1.54) is 22.3 Å². The summed E-state index contributed by atoms with van der Waals surface area (Å²) in [4.78, 5) is 1.71. The van der Waals surface area contributed by atoms with Gasteiger partial charge in [0.15, 0.2) is 0 Å². The van der Waals surface area contributed by atoms with Gasteiger partial charge in [0.2, 0.25) is 7.98 Å². The topological polar surface area (TPSA) is 3.24 Å². The lowest BCUT2D eigenvalue weighted by molar-refractivity contribution is 1.41. The fourth-order valence-electron chi connectivity index (χ4n) is 3.04. The molecule has 0 bridgehead atoms. The van der Waals surface area contributed by atoms with Crippen LogP contribution in [0.3, 0.4) is 0 Å². The van der Waals surface area contributed by atoms with Crippen molar-refractivity contribution >= 4 is 19.4 Å². The molecular weight excluding hydrogens is 313 g/mol. The summed E-state index contributed by atoms with van der Waals surface area (Å²) in [7, 11) is 6.33. The molecule has 2 heteroatoms. The van der Waals surface area contributed by atoms with E-state index in [0.717, 1.165) is 11.4 Å². The van der Waals surface area contributed by atoms with Crippen LogP contribution in [0.5, 0.6) is 0 Å². The van der Waals surface area contributed by atoms with Crippen molar-refractivity contribution < 1.29 is 0 Å². The minimum atomic E-state index is 0.956. The minimum absolute atomic E-state index is 0.956. The first kappa shape index (κ1) is 16.2. The molecule has 0 spiro atoms. The fourth-order valence-corrected chi connectivity index (χ4v) is 3.04. The summed E-state index contributed by atoms with van der Waals surface area (Å²) in [5.74, 6) is 0. The molecule has 2 radical (unpaired) electrons. The van der Waals surface area contributed by atoms with Crippen LogP contribution in [0.25, 0.3) is 22.3 Å². The third kappa shape index (κ3) is 3.40. The van der Waals surface area contributed by atoms with Crippen LogP contribution >= 0.6 is 0 Å². The second kappa shape index (κ2) is 7.32. The van der Waals surface area contributed by atoms with Crippen LogP contribution in [0.15, 0.2) is 109 Å². The van der Waals surface area contributed by atoms with E-state index in [1.807, 2.05) is 60.7 Å². The Bertz CT molecular complexity index is 879. The Balaban J connectivity index is 1.55. The molecule has 4 aromatic carbocycles. The molecule has 0 saturated carbocycles. The summed E-state index contributed by atoms with van der Waals surface area (Å²) < 4.78 is 0. The zero-order chi connectivity index (χ0) is 17.8. The molecular formula is C24H18BN. The summed E-state index contributed by atoms with van der Waals surface area (Å²) in [5, 5.41) is 0. The lowest BCUT2D eigenvalue weighted by Gasteiger charge is -2.21. The Kier molecular flexibility index (Phi) is 4.57. The fraction of sp³-hybridized carbons (Fsp3) is 0. The molecule has 4 rings (SSSR count). The number of hydrogen-bond donors (Lipinski definition) is 0. The molecule has 1 nitrogen and oxygen atoms in total. The first-order valence-electron chi connectivity index (χ1n) is 8.67. The maximum Gasteiger partial charge on any atom is 0.234 e. The van der Waals surface area contributed by atoms with Gasteiger partial charge in [0, 0.05) is 11.4 Å². The molecule has 122 valence electrons. The average Bonchev–Trinajstić information content (AvgIpc) is 2.75. The van der Waals surface area contributed by atoms with Gasteiger partial charge >= 0.3 is 0 Å². The van der Waals surface area contributed by atoms with Crippen molar-refractivity contribution in [1.29, 1.82) is 0 Å². The normalized spacial score (nSPS) is 10.5. The van der Waals surface area contributed by atoms with Crippen molar-refractivity contribution in [3.8, 4) is 22.3 Å². The van der Waals surface area contributed by atoms with Crippen LogP contribution in [0, 0.1) is 0 Å². The third-order valence-electron chi connectivity index (χ3n) is 4.51. The summed E-state index contributed by atoms with van der Waals surface area (Å²) in [6.45, 7) is 0. The largest absolute Gasteiger partial charge is 0.398 e. The highest BCUT2D eigenvalue weighted by Crippen LogP contribution is 2.28. The van der Waals surface area contributed by atoms with E-state index in [0.29, 0.717) is 0 Å². The van der Waals surface area contributed by atoms with E-state index in [4.69, 9.17) is 7.98 Å². The third-order valence-corrected chi connectivity index (χ3v) is 4.51. The summed E-state index contributed by atoms with van der Waals surface area (Å²) >= 11 is 0. The number of rotatable bonds is 4. The Morgan fingerprint density at radius 3 is 1.04 bits per heavy atom. The van der Waals surface area contributed by atoms with Crippen molar-refractivity contribution in [2.45, 2.75) is 0 Å².